The highest BCUT2D eigenvalue weighted by molar-refractivity contribution is 6.28. The number of halogens is 1. The Morgan fingerprint density at radius 3 is 2.42 bits per heavy atom. The van der Waals surface area contributed by atoms with Gasteiger partial charge >= 0.3 is 0 Å². The Balaban J connectivity index is 1.77. The predicted molar refractivity (Wildman–Crippen MR) is 99.0 cm³/mol. The molecule has 134 valence electrons. The molecular formula is C17H18ClN7O. The smallest absolute Gasteiger partial charge is 0.226 e. The van der Waals surface area contributed by atoms with Gasteiger partial charge in [-0.2, -0.15) is 9.97 Å². The molecule has 4 rings (SSSR count). The Labute approximate surface area is 155 Å². The Bertz CT molecular complexity index is 964. The first-order valence-electron chi connectivity index (χ1n) is 8.35. The Morgan fingerprint density at radius 1 is 1.08 bits per heavy atom. The van der Waals surface area contributed by atoms with Gasteiger partial charge in [-0.3, -0.25) is 9.78 Å². The summed E-state index contributed by atoms with van der Waals surface area (Å²) in [5.74, 6) is 1.58. The first-order chi connectivity index (χ1) is 12.5. The lowest BCUT2D eigenvalue weighted by Gasteiger charge is -2.34. The number of anilines is 1. The van der Waals surface area contributed by atoms with Gasteiger partial charge in [0, 0.05) is 58.1 Å². The molecule has 4 heterocycles. The van der Waals surface area contributed by atoms with Crippen LogP contribution in [-0.2, 0) is 11.8 Å². The molecule has 1 fully saturated rings. The molecular weight excluding hydrogens is 354 g/mol. The van der Waals surface area contributed by atoms with Crippen molar-refractivity contribution in [3.05, 3.63) is 29.8 Å². The van der Waals surface area contributed by atoms with Crippen LogP contribution in [0.2, 0.25) is 5.28 Å². The summed E-state index contributed by atoms with van der Waals surface area (Å²) >= 11 is 6.18. The van der Waals surface area contributed by atoms with E-state index in [1.165, 1.54) is 0 Å². The number of hydrogen-bond acceptors (Lipinski definition) is 6. The third-order valence-electron chi connectivity index (χ3n) is 4.64. The fourth-order valence-electron chi connectivity index (χ4n) is 3.23. The van der Waals surface area contributed by atoms with E-state index in [4.69, 9.17) is 16.6 Å². The maximum absolute atomic E-state index is 11.6. The summed E-state index contributed by atoms with van der Waals surface area (Å²) in [6, 6.07) is 3.81. The minimum absolute atomic E-state index is 0.0910. The van der Waals surface area contributed by atoms with Gasteiger partial charge in [0.1, 0.15) is 5.82 Å². The van der Waals surface area contributed by atoms with E-state index >= 15 is 0 Å². The second-order valence-corrected chi connectivity index (χ2v) is 6.55. The number of fused-ring (bicyclic) bond motifs is 1. The van der Waals surface area contributed by atoms with Crippen molar-refractivity contribution in [2.75, 3.05) is 31.1 Å². The van der Waals surface area contributed by atoms with Crippen molar-refractivity contribution in [3.8, 4) is 11.4 Å². The molecule has 1 saturated heterocycles. The van der Waals surface area contributed by atoms with E-state index in [1.807, 2.05) is 28.6 Å². The minimum atomic E-state index is 0.0910. The highest BCUT2D eigenvalue weighted by Gasteiger charge is 2.24. The van der Waals surface area contributed by atoms with Crippen molar-refractivity contribution >= 4 is 34.5 Å². The molecule has 1 aliphatic rings. The van der Waals surface area contributed by atoms with Gasteiger partial charge in [-0.25, -0.2) is 4.98 Å². The SMILES string of the molecule is CC(=O)N1CCN(c2nc(Cl)nc3c2nc(-c2ccncc2)n3C)CC1. The largest absolute Gasteiger partial charge is 0.351 e. The van der Waals surface area contributed by atoms with Crippen LogP contribution in [-0.4, -0.2) is 61.5 Å². The topological polar surface area (TPSA) is 80.0 Å². The molecule has 0 saturated carbocycles. The van der Waals surface area contributed by atoms with Gasteiger partial charge in [-0.05, 0) is 23.7 Å². The molecule has 0 atom stereocenters. The molecule has 8 nitrogen and oxygen atoms in total. The van der Waals surface area contributed by atoms with Crippen molar-refractivity contribution in [2.24, 2.45) is 7.05 Å². The van der Waals surface area contributed by atoms with Gasteiger partial charge in [-0.15, -0.1) is 0 Å². The zero-order chi connectivity index (χ0) is 18.3. The maximum Gasteiger partial charge on any atom is 0.226 e. The van der Waals surface area contributed by atoms with Crippen LogP contribution in [0.3, 0.4) is 0 Å². The number of imidazole rings is 1. The first kappa shape index (κ1) is 16.7. The van der Waals surface area contributed by atoms with E-state index in [1.54, 1.807) is 19.3 Å². The molecule has 0 spiro atoms. The second-order valence-electron chi connectivity index (χ2n) is 6.21. The number of carbonyl (C=O) groups excluding carboxylic acids is 1. The van der Waals surface area contributed by atoms with Crippen LogP contribution in [0.15, 0.2) is 24.5 Å². The monoisotopic (exact) mass is 371 g/mol. The second kappa shape index (κ2) is 6.53. The zero-order valence-electron chi connectivity index (χ0n) is 14.6. The summed E-state index contributed by atoms with van der Waals surface area (Å²) in [7, 11) is 1.91. The molecule has 0 N–H and O–H groups in total. The van der Waals surface area contributed by atoms with E-state index in [2.05, 4.69) is 19.9 Å². The van der Waals surface area contributed by atoms with Gasteiger partial charge in [0.15, 0.2) is 17.0 Å². The zero-order valence-corrected chi connectivity index (χ0v) is 15.3. The lowest BCUT2D eigenvalue weighted by atomic mass is 10.2. The number of rotatable bonds is 2. The molecule has 26 heavy (non-hydrogen) atoms. The summed E-state index contributed by atoms with van der Waals surface area (Å²) in [5.41, 5.74) is 2.34. The van der Waals surface area contributed by atoms with Gasteiger partial charge in [-0.1, -0.05) is 0 Å². The van der Waals surface area contributed by atoms with Crippen molar-refractivity contribution in [2.45, 2.75) is 6.92 Å². The van der Waals surface area contributed by atoms with Crippen LogP contribution in [0, 0.1) is 0 Å². The van der Waals surface area contributed by atoms with Crippen LogP contribution in [0.1, 0.15) is 6.92 Å². The quantitative estimate of drug-likeness (QED) is 0.638. The van der Waals surface area contributed by atoms with Crippen molar-refractivity contribution in [1.82, 2.24) is 29.4 Å². The molecule has 9 heteroatoms. The van der Waals surface area contributed by atoms with E-state index in [0.717, 1.165) is 11.4 Å². The number of carbonyl (C=O) groups is 1. The summed E-state index contributed by atoms with van der Waals surface area (Å²) in [6.45, 7) is 4.27. The fraction of sp³-hybridized carbons (Fsp3) is 0.353. The van der Waals surface area contributed by atoms with Crippen molar-refractivity contribution in [3.63, 3.8) is 0 Å². The number of amides is 1. The van der Waals surface area contributed by atoms with Crippen LogP contribution in [0.25, 0.3) is 22.6 Å². The molecule has 3 aromatic rings. The molecule has 0 aromatic carbocycles. The number of hydrogen-bond donors (Lipinski definition) is 0. The van der Waals surface area contributed by atoms with Crippen LogP contribution in [0.4, 0.5) is 5.82 Å². The van der Waals surface area contributed by atoms with E-state index < -0.39 is 0 Å². The molecule has 0 aliphatic carbocycles. The summed E-state index contributed by atoms with van der Waals surface area (Å²) < 4.78 is 1.91. The molecule has 1 aliphatic heterocycles. The Morgan fingerprint density at radius 2 is 1.77 bits per heavy atom. The maximum atomic E-state index is 11.6. The first-order valence-corrected chi connectivity index (χ1v) is 8.73. The predicted octanol–water partition coefficient (Wildman–Crippen LogP) is 1.75. The number of nitrogens with zero attached hydrogens (tertiary/aromatic N) is 7. The number of pyridine rings is 1. The average molecular weight is 372 g/mol. The van der Waals surface area contributed by atoms with E-state index in [0.29, 0.717) is 43.2 Å². The molecule has 0 bridgehead atoms. The average Bonchev–Trinajstić information content (AvgIpc) is 2.99. The standard InChI is InChI=1S/C17H18ClN7O/c1-11(26)24-7-9-25(10-8-24)16-13-15(21-17(18)22-16)23(2)14(20-13)12-3-5-19-6-4-12/h3-6H,7-10H2,1-2H3. The molecule has 0 unspecified atom stereocenters. The fourth-order valence-corrected chi connectivity index (χ4v) is 3.39. The normalized spacial score (nSPS) is 14.9. The third-order valence-corrected chi connectivity index (χ3v) is 4.81. The van der Waals surface area contributed by atoms with Crippen LogP contribution >= 0.6 is 11.6 Å². The van der Waals surface area contributed by atoms with E-state index in [9.17, 15) is 4.79 Å². The number of aryl methyl sites for hydroxylation is 1. The van der Waals surface area contributed by atoms with Gasteiger partial charge < -0.3 is 14.4 Å². The number of piperazine rings is 1. The van der Waals surface area contributed by atoms with E-state index in [-0.39, 0.29) is 11.2 Å². The molecule has 1 amide bonds. The lowest BCUT2D eigenvalue weighted by molar-refractivity contribution is -0.129. The Hall–Kier alpha value is -2.74. The van der Waals surface area contributed by atoms with Gasteiger partial charge in [0.25, 0.3) is 0 Å². The van der Waals surface area contributed by atoms with Crippen LogP contribution in [0.5, 0.6) is 0 Å². The molecule has 0 radical (unpaired) electrons. The highest BCUT2D eigenvalue weighted by Crippen LogP contribution is 2.29. The van der Waals surface area contributed by atoms with Crippen molar-refractivity contribution in [1.29, 1.82) is 0 Å². The lowest BCUT2D eigenvalue weighted by Crippen LogP contribution is -2.48. The van der Waals surface area contributed by atoms with Gasteiger partial charge in [0.05, 0.1) is 0 Å². The summed E-state index contributed by atoms with van der Waals surface area (Å²) in [6.07, 6.45) is 3.46. The van der Waals surface area contributed by atoms with Gasteiger partial charge in [0.2, 0.25) is 11.2 Å². The third kappa shape index (κ3) is 2.86. The summed E-state index contributed by atoms with van der Waals surface area (Å²) in [5, 5.41) is 0.186. The highest BCUT2D eigenvalue weighted by atomic mass is 35.5. The number of aromatic nitrogens is 5. The minimum Gasteiger partial charge on any atom is -0.351 e. The van der Waals surface area contributed by atoms with Crippen LogP contribution < -0.4 is 4.90 Å². The summed E-state index contributed by atoms with van der Waals surface area (Å²) in [4.78, 5) is 33.1. The molecule has 3 aromatic heterocycles. The van der Waals surface area contributed by atoms with Crippen molar-refractivity contribution < 1.29 is 4.79 Å². The Kier molecular flexibility index (Phi) is 4.20.